The monoisotopic (exact) mass is 223 g/mol. The van der Waals surface area contributed by atoms with Crippen molar-refractivity contribution in [3.63, 3.8) is 0 Å². The summed E-state index contributed by atoms with van der Waals surface area (Å²) in [6.07, 6.45) is 0. The summed E-state index contributed by atoms with van der Waals surface area (Å²) < 4.78 is 30.5. The van der Waals surface area contributed by atoms with Crippen molar-refractivity contribution in [2.24, 2.45) is 0 Å². The summed E-state index contributed by atoms with van der Waals surface area (Å²) in [6, 6.07) is 3.61. The van der Waals surface area contributed by atoms with Crippen LogP contribution in [0.4, 0.5) is 5.69 Å². The van der Waals surface area contributed by atoms with E-state index in [2.05, 4.69) is 0 Å². The van der Waals surface area contributed by atoms with E-state index in [1.54, 1.807) is 0 Å². The first-order valence-corrected chi connectivity index (χ1v) is 5.14. The number of rotatable bonds is 2. The molecule has 0 unspecified atom stereocenters. The Morgan fingerprint density at radius 2 is 1.93 bits per heavy atom. The van der Waals surface area contributed by atoms with Gasteiger partial charge in [-0.05, 0) is 25.1 Å². The summed E-state index contributed by atoms with van der Waals surface area (Å²) in [6.45, 7) is 1.20. The summed E-state index contributed by atoms with van der Waals surface area (Å²) in [5, 5.41) is 0. The summed E-state index contributed by atoms with van der Waals surface area (Å²) in [4.78, 5) is 10.6. The quantitative estimate of drug-likeness (QED) is 0.320. The molecule has 0 bridgehead atoms. The summed E-state index contributed by atoms with van der Waals surface area (Å²) >= 11 is 0. The Bertz CT molecular complexity index is 483. The van der Waals surface area contributed by atoms with E-state index in [1.807, 2.05) is 0 Å². The van der Waals surface area contributed by atoms with Crippen LogP contribution in [-0.4, -0.2) is 37.6 Å². The number of benzene rings is 1. The molecule has 0 amide bonds. The Kier molecular flexibility index (Phi) is 4.56. The van der Waals surface area contributed by atoms with Crippen molar-refractivity contribution in [2.75, 3.05) is 5.73 Å². The predicted octanol–water partition coefficient (Wildman–Crippen LogP) is 0.0696. The Morgan fingerprint density at radius 1 is 1.40 bits per heavy atom. The molecule has 7 heteroatoms. The van der Waals surface area contributed by atoms with E-state index in [0.29, 0.717) is 0 Å². The van der Waals surface area contributed by atoms with Gasteiger partial charge in [-0.3, -0.25) is 9.35 Å². The summed E-state index contributed by atoms with van der Waals surface area (Å²) in [5.74, 6) is -0.468. The molecule has 78 valence electrons. The second-order valence-electron chi connectivity index (χ2n) is 2.79. The average Bonchev–Trinajstić information content (AvgIpc) is 2.01. The van der Waals surface area contributed by atoms with Gasteiger partial charge in [0, 0.05) is 11.3 Å². The van der Waals surface area contributed by atoms with E-state index in [9.17, 15) is 13.2 Å². The van der Waals surface area contributed by atoms with E-state index < -0.39 is 20.8 Å². The third kappa shape index (κ3) is 3.36. The van der Waals surface area contributed by atoms with Crippen LogP contribution in [0.2, 0.25) is 0 Å². The van der Waals surface area contributed by atoms with Crippen LogP contribution in [0.1, 0.15) is 17.3 Å². The van der Waals surface area contributed by atoms with Gasteiger partial charge in [-0.1, -0.05) is 0 Å². The Labute approximate surface area is 99.6 Å². The van der Waals surface area contributed by atoms with Gasteiger partial charge in [-0.15, -0.1) is 0 Å². The van der Waals surface area contributed by atoms with E-state index in [4.69, 9.17) is 10.3 Å². The molecule has 0 aliphatic heterocycles. The minimum atomic E-state index is -4.37. The number of Topliss-reactive ketones (excluding diaryl/α,β-unsaturated/α-hetero) is 1. The van der Waals surface area contributed by atoms with Gasteiger partial charge >= 0.3 is 18.9 Å². The molecule has 0 aliphatic carbocycles. The molecule has 0 heterocycles. The van der Waals surface area contributed by atoms with Crippen molar-refractivity contribution in [2.45, 2.75) is 11.8 Å². The first kappa shape index (κ1) is 14.2. The molecule has 5 nitrogen and oxygen atoms in total. The molecule has 0 saturated heterocycles. The zero-order chi connectivity index (χ0) is 10.9. The molecule has 0 fully saturated rings. The summed E-state index contributed by atoms with van der Waals surface area (Å²) in [7, 11) is -4.37. The molecule has 0 aliphatic rings. The number of carbonyl (C=O) groups excluding carboxylic acids is 1. The first-order chi connectivity index (χ1) is 6.32. The van der Waals surface area contributed by atoms with Gasteiger partial charge in [0.2, 0.25) is 0 Å². The van der Waals surface area contributed by atoms with E-state index in [0.717, 1.165) is 6.07 Å². The van der Waals surface area contributed by atoms with Crippen LogP contribution >= 0.6 is 0 Å². The summed E-state index contributed by atoms with van der Waals surface area (Å²) in [5.41, 5.74) is 5.54. The van der Waals surface area contributed by atoms with Crippen molar-refractivity contribution in [3.05, 3.63) is 23.8 Å². The first-order valence-electron chi connectivity index (χ1n) is 3.70. The molecule has 15 heavy (non-hydrogen) atoms. The molecular weight excluding hydrogens is 213 g/mol. The van der Waals surface area contributed by atoms with E-state index in [1.165, 1.54) is 19.1 Å². The van der Waals surface area contributed by atoms with Crippen LogP contribution in [0, 0.1) is 0 Å². The van der Waals surface area contributed by atoms with Gasteiger partial charge < -0.3 is 5.73 Å². The van der Waals surface area contributed by atoms with Crippen molar-refractivity contribution in [1.82, 2.24) is 0 Å². The van der Waals surface area contributed by atoms with Gasteiger partial charge in [0.15, 0.2) is 5.78 Å². The van der Waals surface area contributed by atoms with Crippen molar-refractivity contribution in [3.8, 4) is 0 Å². The average molecular weight is 223 g/mol. The minimum absolute atomic E-state index is 0. The maximum atomic E-state index is 11.0. The fourth-order valence-corrected chi connectivity index (χ4v) is 1.77. The van der Waals surface area contributed by atoms with Crippen LogP contribution in [-0.2, 0) is 10.1 Å². The van der Waals surface area contributed by atoms with Gasteiger partial charge in [0.05, 0.1) is 0 Å². The number of hydrogen-bond acceptors (Lipinski definition) is 4. The van der Waals surface area contributed by atoms with Crippen LogP contribution in [0.15, 0.2) is 23.1 Å². The number of anilines is 1. The number of carbonyl (C=O) groups is 1. The van der Waals surface area contributed by atoms with Crippen LogP contribution in [0.5, 0.6) is 0 Å². The number of hydrogen-bond donors (Lipinski definition) is 2. The Morgan fingerprint density at radius 3 is 2.33 bits per heavy atom. The van der Waals surface area contributed by atoms with Gasteiger partial charge in [0.25, 0.3) is 10.1 Å². The van der Waals surface area contributed by atoms with Crippen LogP contribution in [0.3, 0.4) is 0 Å². The molecule has 0 radical (unpaired) electrons. The predicted molar refractivity (Wildman–Crippen MR) is 57.8 cm³/mol. The molecule has 1 aromatic rings. The normalized spacial score (nSPS) is 10.5. The Hall–Kier alpha value is -0.803. The SMILES string of the molecule is CC(=O)c1cc(N)ccc1S(=O)(=O)O.[LiH]. The van der Waals surface area contributed by atoms with Gasteiger partial charge in [-0.25, -0.2) is 0 Å². The number of nitrogen functional groups attached to an aromatic ring is 1. The standard InChI is InChI=1S/C8H9NO4S.Li.H/c1-5(10)7-4-6(9)2-3-8(7)14(11,12)13;;/h2-4H,9H2,1H3,(H,11,12,13);;. The molecule has 1 rings (SSSR count). The molecule has 3 N–H and O–H groups in total. The topological polar surface area (TPSA) is 97.5 Å². The maximum absolute atomic E-state index is 11.0. The molecule has 0 aromatic heterocycles. The third-order valence-electron chi connectivity index (χ3n) is 1.66. The van der Waals surface area contributed by atoms with Gasteiger partial charge in [-0.2, -0.15) is 8.42 Å². The zero-order valence-electron chi connectivity index (χ0n) is 7.39. The number of nitrogens with two attached hydrogens (primary N) is 1. The van der Waals surface area contributed by atoms with E-state index in [-0.39, 0.29) is 30.1 Å². The second kappa shape index (κ2) is 4.81. The number of ketones is 1. The van der Waals surface area contributed by atoms with Crippen molar-refractivity contribution in [1.29, 1.82) is 0 Å². The fraction of sp³-hybridized carbons (Fsp3) is 0.125. The third-order valence-corrected chi connectivity index (χ3v) is 2.57. The van der Waals surface area contributed by atoms with Crippen molar-refractivity contribution >= 4 is 40.4 Å². The van der Waals surface area contributed by atoms with Gasteiger partial charge in [0.1, 0.15) is 4.90 Å². The molecule has 0 atom stereocenters. The second-order valence-corrected chi connectivity index (χ2v) is 4.18. The molecule has 0 spiro atoms. The molecule has 1 aromatic carbocycles. The van der Waals surface area contributed by atoms with Crippen molar-refractivity contribution < 1.29 is 17.8 Å². The Balaban J connectivity index is 0.00000196. The van der Waals surface area contributed by atoms with E-state index >= 15 is 0 Å². The molecular formula is C8H10LiNO4S. The zero-order valence-corrected chi connectivity index (χ0v) is 8.21. The fourth-order valence-electron chi connectivity index (χ4n) is 1.05. The van der Waals surface area contributed by atoms with Crippen LogP contribution in [0.25, 0.3) is 0 Å². The molecule has 0 saturated carbocycles. The van der Waals surface area contributed by atoms with Crippen LogP contribution < -0.4 is 5.73 Å².